The van der Waals surface area contributed by atoms with Crippen molar-refractivity contribution in [2.24, 2.45) is 0 Å². The van der Waals surface area contributed by atoms with Crippen LogP contribution in [-0.2, 0) is 4.57 Å². The minimum Gasteiger partial charge on any atom is -0.478 e. The maximum Gasteiger partial charge on any atom is 0.336 e. The monoisotopic (exact) mass is 956 g/mol. The number of hydrogen-bond acceptors (Lipinski definition) is 10. The van der Waals surface area contributed by atoms with Crippen molar-refractivity contribution in [2.75, 3.05) is 19.5 Å². The number of carboxylic acid groups (broad SMARTS) is 2. The molecule has 70 heavy (non-hydrogen) atoms. The molecule has 0 spiro atoms. The summed E-state index contributed by atoms with van der Waals surface area (Å²) in [6.45, 7) is 2.01. The molecular formula is C55H45N2O12P. The summed E-state index contributed by atoms with van der Waals surface area (Å²) in [5.74, 6) is -0.245. The Hall–Kier alpha value is -8.97. The van der Waals surface area contributed by atoms with Crippen molar-refractivity contribution >= 4 is 52.5 Å². The number of aliphatic hydroxyl groups excluding tert-OH is 1. The van der Waals surface area contributed by atoms with Crippen LogP contribution in [0.3, 0.4) is 0 Å². The van der Waals surface area contributed by atoms with Crippen LogP contribution in [0, 0.1) is 6.92 Å². The van der Waals surface area contributed by atoms with Gasteiger partial charge in [0.2, 0.25) is 0 Å². The molecule has 0 aliphatic rings. The summed E-state index contributed by atoms with van der Waals surface area (Å²) in [5, 5.41) is 33.2. The first-order chi connectivity index (χ1) is 33.9. The van der Waals surface area contributed by atoms with Crippen LogP contribution in [-0.4, -0.2) is 53.2 Å². The van der Waals surface area contributed by atoms with Crippen molar-refractivity contribution < 1.29 is 58.0 Å². The number of aliphatic hydroxyl groups is 1. The molecule has 8 aromatic rings. The first-order valence-corrected chi connectivity index (χ1v) is 23.1. The number of benzene rings is 8. The zero-order valence-electron chi connectivity index (χ0n) is 37.9. The smallest absolute Gasteiger partial charge is 0.336 e. The summed E-state index contributed by atoms with van der Waals surface area (Å²) >= 11 is 0. The van der Waals surface area contributed by atoms with Crippen molar-refractivity contribution in [3.63, 3.8) is 0 Å². The second kappa shape index (κ2) is 22.2. The van der Waals surface area contributed by atoms with Crippen molar-refractivity contribution in [3.05, 3.63) is 216 Å². The van der Waals surface area contributed by atoms with E-state index in [1.54, 1.807) is 121 Å². The van der Waals surface area contributed by atoms with Crippen LogP contribution in [0.15, 0.2) is 188 Å². The van der Waals surface area contributed by atoms with Gasteiger partial charge in [-0.3, -0.25) is 9.59 Å². The molecule has 0 aliphatic heterocycles. The number of rotatable bonds is 16. The van der Waals surface area contributed by atoms with Gasteiger partial charge in [0.05, 0.1) is 22.3 Å². The zero-order valence-corrected chi connectivity index (χ0v) is 38.8. The van der Waals surface area contributed by atoms with Crippen LogP contribution in [0.5, 0.6) is 46.0 Å². The van der Waals surface area contributed by atoms with E-state index in [1.807, 2.05) is 37.3 Å². The zero-order chi connectivity index (χ0) is 49.8. The van der Waals surface area contributed by atoms with E-state index in [1.165, 1.54) is 43.4 Å². The van der Waals surface area contributed by atoms with Crippen LogP contribution in [0.1, 0.15) is 47.0 Å². The largest absolute Gasteiger partial charge is 0.478 e. The lowest BCUT2D eigenvalue weighted by Gasteiger charge is -2.21. The molecule has 14 nitrogen and oxygen atoms in total. The molecule has 0 bridgehead atoms. The molecular weight excluding hydrogens is 912 g/mol. The van der Waals surface area contributed by atoms with E-state index in [9.17, 15) is 29.4 Å². The number of ether oxygens (including phenoxy) is 4. The van der Waals surface area contributed by atoms with Crippen molar-refractivity contribution in [2.45, 2.75) is 6.92 Å². The Labute approximate surface area is 402 Å². The van der Waals surface area contributed by atoms with Gasteiger partial charge >= 0.3 is 11.9 Å². The molecule has 8 aromatic carbocycles. The Morgan fingerprint density at radius 2 is 0.743 bits per heavy atom. The highest BCUT2D eigenvalue weighted by Crippen LogP contribution is 2.43. The second-order valence-electron chi connectivity index (χ2n) is 15.2. The lowest BCUT2D eigenvalue weighted by atomic mass is 10.1. The van der Waals surface area contributed by atoms with Gasteiger partial charge in [-0.2, -0.15) is 0 Å². The molecule has 352 valence electrons. The average molecular weight is 957 g/mol. The standard InChI is InChI=1S/C54H41N2O11P.CH4O/c1-34-8-12-36(13-9-34)64-38-16-18-39(19-17-38)65-37-14-10-35(11-15-37)56-52(58)50-33-43(25-31-48(50)54(61)62)67-41-22-28-46(29-23-41)68(63,44-6-4-3-5-7-44)45-26-20-40(21-27-45)66-42-24-30-47(53(59)60)49(32-42)51(57)55-2;1-2/h3-33H,1-2H3,(H,55,57)(H,56,58)(H,59,60)(H,61,62);2H,1H3. The predicted octanol–water partition coefficient (Wildman–Crippen LogP) is 10.4. The van der Waals surface area contributed by atoms with Crippen molar-refractivity contribution in [1.29, 1.82) is 0 Å². The topological polar surface area (TPSA) is 207 Å². The van der Waals surface area contributed by atoms with E-state index in [2.05, 4.69) is 10.6 Å². The van der Waals surface area contributed by atoms with E-state index in [-0.39, 0.29) is 33.8 Å². The number of anilines is 1. The lowest BCUT2D eigenvalue weighted by Crippen LogP contribution is -2.24. The molecule has 0 saturated carbocycles. The fourth-order valence-electron chi connectivity index (χ4n) is 7.12. The summed E-state index contributed by atoms with van der Waals surface area (Å²) in [6, 6.07) is 51.9. The Morgan fingerprint density at radius 3 is 1.14 bits per heavy atom. The van der Waals surface area contributed by atoms with E-state index in [0.29, 0.717) is 50.3 Å². The van der Waals surface area contributed by atoms with Gasteiger partial charge in [-0.25, -0.2) is 9.59 Å². The van der Waals surface area contributed by atoms with Crippen LogP contribution in [0.2, 0.25) is 0 Å². The van der Waals surface area contributed by atoms with Gasteiger partial charge in [-0.15, -0.1) is 0 Å². The minimum absolute atomic E-state index is 0.0625. The summed E-state index contributed by atoms with van der Waals surface area (Å²) in [4.78, 5) is 49.9. The van der Waals surface area contributed by atoms with Gasteiger partial charge in [0, 0.05) is 35.8 Å². The Morgan fingerprint density at radius 1 is 0.414 bits per heavy atom. The van der Waals surface area contributed by atoms with Crippen LogP contribution in [0.25, 0.3) is 0 Å². The fraction of sp³-hybridized carbons (Fsp3) is 0.0545. The molecule has 0 heterocycles. The van der Waals surface area contributed by atoms with Crippen LogP contribution >= 0.6 is 7.14 Å². The molecule has 0 aromatic heterocycles. The quantitative estimate of drug-likeness (QED) is 0.0574. The minimum atomic E-state index is -3.49. The number of carbonyl (C=O) groups excluding carboxylic acids is 2. The van der Waals surface area contributed by atoms with Gasteiger partial charge in [-0.1, -0.05) is 48.0 Å². The second-order valence-corrected chi connectivity index (χ2v) is 18.0. The van der Waals surface area contributed by atoms with Gasteiger partial charge in [-0.05, 0) is 153 Å². The molecule has 2 amide bonds. The molecule has 15 heteroatoms. The summed E-state index contributed by atoms with van der Waals surface area (Å²) < 4.78 is 39.2. The SMILES string of the molecule is CNC(=O)c1cc(Oc2ccc(P(=O)(c3ccccc3)c3ccc(Oc4ccc(C(=O)O)c(C(=O)Nc5ccc(Oc6ccc(Oc7ccc(C)cc7)cc6)cc5)c4)cc3)cc2)ccc1C(=O)O.CO. The first kappa shape index (κ1) is 48.9. The van der Waals surface area contributed by atoms with Gasteiger partial charge in [0.25, 0.3) is 11.8 Å². The molecule has 0 fully saturated rings. The molecule has 0 aliphatic carbocycles. The number of carbonyl (C=O) groups is 4. The average Bonchev–Trinajstić information content (AvgIpc) is 3.38. The number of carboxylic acids is 2. The molecule has 0 saturated heterocycles. The molecule has 8 rings (SSSR count). The predicted molar refractivity (Wildman–Crippen MR) is 266 cm³/mol. The molecule has 0 radical (unpaired) electrons. The number of hydrogen-bond donors (Lipinski definition) is 5. The van der Waals surface area contributed by atoms with E-state index < -0.39 is 30.9 Å². The molecule has 1 unspecified atom stereocenters. The van der Waals surface area contributed by atoms with Gasteiger partial charge in [0.1, 0.15) is 46.0 Å². The third-order valence-electron chi connectivity index (χ3n) is 10.6. The third-order valence-corrected chi connectivity index (χ3v) is 13.7. The summed E-state index contributed by atoms with van der Waals surface area (Å²) in [5.41, 5.74) is 0.932. The fourth-order valence-corrected chi connectivity index (χ4v) is 9.75. The Balaban J connectivity index is 0.00000356. The highest BCUT2D eigenvalue weighted by molar-refractivity contribution is 7.85. The van der Waals surface area contributed by atoms with Crippen LogP contribution in [0.4, 0.5) is 5.69 Å². The maximum absolute atomic E-state index is 15.3. The molecule has 5 N–H and O–H groups in total. The number of aryl methyl sites for hydroxylation is 1. The first-order valence-electron chi connectivity index (χ1n) is 21.4. The van der Waals surface area contributed by atoms with Crippen molar-refractivity contribution in [1.82, 2.24) is 5.32 Å². The number of aromatic carboxylic acids is 2. The van der Waals surface area contributed by atoms with Crippen LogP contribution < -0.4 is 45.5 Å². The van der Waals surface area contributed by atoms with E-state index in [4.69, 9.17) is 24.1 Å². The molecule has 1 atom stereocenters. The number of nitrogens with one attached hydrogen (secondary N) is 2. The summed E-state index contributed by atoms with van der Waals surface area (Å²) in [6.07, 6.45) is 0. The highest BCUT2D eigenvalue weighted by atomic mass is 31.2. The third kappa shape index (κ3) is 11.6. The van der Waals surface area contributed by atoms with E-state index >= 15 is 4.57 Å². The van der Waals surface area contributed by atoms with E-state index in [0.717, 1.165) is 18.4 Å². The lowest BCUT2D eigenvalue weighted by molar-refractivity contribution is 0.0683. The summed E-state index contributed by atoms with van der Waals surface area (Å²) in [7, 11) is -1.09. The highest BCUT2D eigenvalue weighted by Gasteiger charge is 2.30. The Kier molecular flexibility index (Phi) is 15.5. The van der Waals surface area contributed by atoms with Crippen molar-refractivity contribution in [3.8, 4) is 46.0 Å². The van der Waals surface area contributed by atoms with Gasteiger partial charge < -0.3 is 49.5 Å². The number of amides is 2. The van der Waals surface area contributed by atoms with Gasteiger partial charge in [0.15, 0.2) is 7.14 Å². The Bertz CT molecular complexity index is 3180. The maximum atomic E-state index is 15.3. The normalized spacial score (nSPS) is 11.4.